The van der Waals surface area contributed by atoms with Crippen LogP contribution in [-0.2, 0) is 11.3 Å². The highest BCUT2D eigenvalue weighted by Crippen LogP contribution is 2.35. The average molecular weight is 403 g/mol. The van der Waals surface area contributed by atoms with Gasteiger partial charge >= 0.3 is 6.09 Å². The van der Waals surface area contributed by atoms with Gasteiger partial charge in [-0.25, -0.2) is 27.9 Å². The van der Waals surface area contributed by atoms with Gasteiger partial charge in [0.1, 0.15) is 18.1 Å². The Morgan fingerprint density at radius 2 is 1.79 bits per heavy atom. The number of rotatable bonds is 5. The Morgan fingerprint density at radius 1 is 1.10 bits per heavy atom. The number of nitrogen functional groups attached to an aromatic ring is 1. The van der Waals surface area contributed by atoms with Crippen molar-refractivity contribution >= 4 is 12.0 Å². The Balaban J connectivity index is 2.29. The molecule has 29 heavy (non-hydrogen) atoms. The van der Waals surface area contributed by atoms with E-state index in [1.165, 1.54) is 30.3 Å². The number of nitrogens with two attached hydrogens (primary N) is 2. The highest BCUT2D eigenvalue weighted by atomic mass is 19.3. The first kappa shape index (κ1) is 20.1. The lowest BCUT2D eigenvalue weighted by Gasteiger charge is -2.16. The van der Waals surface area contributed by atoms with Crippen LogP contribution < -0.4 is 11.5 Å². The molecule has 0 aliphatic rings. The Bertz CT molecular complexity index is 1060. The summed E-state index contributed by atoms with van der Waals surface area (Å²) in [7, 11) is 0. The number of amides is 1. The number of hydrogen-bond donors (Lipinski definition) is 2. The van der Waals surface area contributed by atoms with E-state index in [1.54, 1.807) is 13.0 Å². The smallest absolute Gasteiger partial charge is 0.404 e. The van der Waals surface area contributed by atoms with Gasteiger partial charge in [0.05, 0.1) is 11.4 Å². The van der Waals surface area contributed by atoms with Crippen LogP contribution in [0.25, 0.3) is 22.4 Å². The summed E-state index contributed by atoms with van der Waals surface area (Å²) in [6.07, 6.45) is -3.85. The Kier molecular flexibility index (Phi) is 5.62. The standard InChI is InChI=1S/C19H16F3N5O2/c1-9-6-11(7-13(25-9)17(21)22)15-14(8-29-19(24)28)26-18(23)27-16(15)10-2-4-12(20)5-3-10/h2-7,17H,8H2,1H3,(H2,24,28)(H2,23,26,27). The van der Waals surface area contributed by atoms with Crippen LogP contribution in [0.2, 0.25) is 0 Å². The molecule has 0 saturated heterocycles. The molecular weight excluding hydrogens is 387 g/mol. The number of anilines is 1. The summed E-state index contributed by atoms with van der Waals surface area (Å²) < 4.78 is 44.8. The number of pyridine rings is 1. The number of aromatic nitrogens is 3. The van der Waals surface area contributed by atoms with Crippen molar-refractivity contribution in [1.82, 2.24) is 15.0 Å². The molecule has 2 heterocycles. The fourth-order valence-corrected chi connectivity index (χ4v) is 2.84. The maximum Gasteiger partial charge on any atom is 0.404 e. The predicted octanol–water partition coefficient (Wildman–Crippen LogP) is 3.77. The Hall–Kier alpha value is -3.69. The molecule has 4 N–H and O–H groups in total. The quantitative estimate of drug-likeness (QED) is 0.670. The minimum absolute atomic E-state index is 0.143. The van der Waals surface area contributed by atoms with E-state index in [-0.39, 0.29) is 23.9 Å². The molecule has 0 atom stereocenters. The second kappa shape index (κ2) is 8.13. The van der Waals surface area contributed by atoms with Crippen molar-refractivity contribution in [1.29, 1.82) is 0 Å². The van der Waals surface area contributed by atoms with Crippen molar-refractivity contribution in [3.05, 3.63) is 59.3 Å². The Labute approximate surface area is 163 Å². The first-order chi connectivity index (χ1) is 13.7. The summed E-state index contributed by atoms with van der Waals surface area (Å²) in [5.74, 6) is -0.606. The summed E-state index contributed by atoms with van der Waals surface area (Å²) in [6, 6.07) is 8.11. The molecule has 0 bridgehead atoms. The van der Waals surface area contributed by atoms with Gasteiger partial charge in [-0.1, -0.05) is 0 Å². The molecule has 3 aromatic rings. The van der Waals surface area contributed by atoms with E-state index in [0.717, 1.165) is 0 Å². The van der Waals surface area contributed by atoms with E-state index in [4.69, 9.17) is 16.2 Å². The fourth-order valence-electron chi connectivity index (χ4n) is 2.84. The summed E-state index contributed by atoms with van der Waals surface area (Å²) in [4.78, 5) is 23.2. The van der Waals surface area contributed by atoms with Gasteiger partial charge < -0.3 is 16.2 Å². The van der Waals surface area contributed by atoms with Gasteiger partial charge in [0, 0.05) is 16.8 Å². The number of halogens is 3. The van der Waals surface area contributed by atoms with Crippen LogP contribution in [-0.4, -0.2) is 21.0 Å². The largest absolute Gasteiger partial charge is 0.443 e. The number of ether oxygens (including phenoxy) is 1. The average Bonchev–Trinajstić information content (AvgIpc) is 2.65. The van der Waals surface area contributed by atoms with Gasteiger partial charge in [-0.3, -0.25) is 4.98 Å². The molecule has 0 saturated carbocycles. The molecule has 3 rings (SSSR count). The molecule has 0 radical (unpaired) electrons. The molecule has 0 fully saturated rings. The van der Waals surface area contributed by atoms with Crippen LogP contribution in [0.5, 0.6) is 0 Å². The molecule has 0 aliphatic heterocycles. The third kappa shape index (κ3) is 4.60. The minimum Gasteiger partial charge on any atom is -0.443 e. The zero-order valence-corrected chi connectivity index (χ0v) is 15.2. The lowest BCUT2D eigenvalue weighted by atomic mass is 9.97. The van der Waals surface area contributed by atoms with Gasteiger partial charge in [0.2, 0.25) is 5.95 Å². The van der Waals surface area contributed by atoms with E-state index in [9.17, 15) is 18.0 Å². The van der Waals surface area contributed by atoms with Crippen LogP contribution in [0.4, 0.5) is 23.9 Å². The van der Waals surface area contributed by atoms with Crippen molar-refractivity contribution < 1.29 is 22.7 Å². The highest BCUT2D eigenvalue weighted by molar-refractivity contribution is 5.83. The van der Waals surface area contributed by atoms with Crippen molar-refractivity contribution in [2.75, 3.05) is 5.73 Å². The lowest BCUT2D eigenvalue weighted by Crippen LogP contribution is -2.15. The zero-order valence-electron chi connectivity index (χ0n) is 15.2. The number of carbonyl (C=O) groups is 1. The maximum atomic E-state index is 13.4. The van der Waals surface area contributed by atoms with E-state index in [2.05, 4.69) is 15.0 Å². The van der Waals surface area contributed by atoms with Crippen LogP contribution in [0, 0.1) is 12.7 Å². The second-order valence-electron chi connectivity index (χ2n) is 6.09. The van der Waals surface area contributed by atoms with Crippen molar-refractivity contribution in [3.63, 3.8) is 0 Å². The number of alkyl halides is 2. The van der Waals surface area contributed by atoms with Crippen molar-refractivity contribution in [3.8, 4) is 22.4 Å². The summed E-state index contributed by atoms with van der Waals surface area (Å²) in [6.45, 7) is 1.20. The number of carbonyl (C=O) groups excluding carboxylic acids is 1. The molecule has 10 heteroatoms. The molecule has 0 unspecified atom stereocenters. The highest BCUT2D eigenvalue weighted by Gasteiger charge is 2.21. The van der Waals surface area contributed by atoms with E-state index >= 15 is 0 Å². The number of primary amides is 1. The maximum absolute atomic E-state index is 13.4. The summed E-state index contributed by atoms with van der Waals surface area (Å²) in [5, 5.41) is 0. The number of hydrogen-bond acceptors (Lipinski definition) is 6. The molecule has 0 spiro atoms. The first-order valence-corrected chi connectivity index (χ1v) is 8.36. The molecule has 150 valence electrons. The van der Waals surface area contributed by atoms with E-state index in [1.807, 2.05) is 0 Å². The van der Waals surface area contributed by atoms with E-state index < -0.39 is 24.0 Å². The summed E-state index contributed by atoms with van der Waals surface area (Å²) in [5.41, 5.74) is 12.2. The SMILES string of the molecule is Cc1cc(-c2c(COC(N)=O)nc(N)nc2-c2ccc(F)cc2)cc(C(F)F)n1. The van der Waals surface area contributed by atoms with Gasteiger partial charge in [-0.2, -0.15) is 0 Å². The molecule has 2 aromatic heterocycles. The van der Waals surface area contributed by atoms with Crippen LogP contribution >= 0.6 is 0 Å². The number of benzene rings is 1. The molecule has 1 amide bonds. The van der Waals surface area contributed by atoms with Gasteiger partial charge in [-0.05, 0) is 48.9 Å². The number of aryl methyl sites for hydroxylation is 1. The fraction of sp³-hybridized carbons (Fsp3) is 0.158. The second-order valence-corrected chi connectivity index (χ2v) is 6.09. The first-order valence-electron chi connectivity index (χ1n) is 8.36. The predicted molar refractivity (Wildman–Crippen MR) is 99.1 cm³/mol. The van der Waals surface area contributed by atoms with Gasteiger partial charge in [0.15, 0.2) is 0 Å². The van der Waals surface area contributed by atoms with Crippen molar-refractivity contribution in [2.45, 2.75) is 20.0 Å². The molecule has 0 aliphatic carbocycles. The van der Waals surface area contributed by atoms with Crippen LogP contribution in [0.1, 0.15) is 23.5 Å². The lowest BCUT2D eigenvalue weighted by molar-refractivity contribution is 0.146. The third-order valence-electron chi connectivity index (χ3n) is 3.96. The van der Waals surface area contributed by atoms with Crippen molar-refractivity contribution in [2.24, 2.45) is 5.73 Å². The van der Waals surface area contributed by atoms with Gasteiger partial charge in [0.25, 0.3) is 6.43 Å². The summed E-state index contributed by atoms with van der Waals surface area (Å²) >= 11 is 0. The monoisotopic (exact) mass is 403 g/mol. The minimum atomic E-state index is -2.80. The van der Waals surface area contributed by atoms with Crippen LogP contribution in [0.3, 0.4) is 0 Å². The van der Waals surface area contributed by atoms with E-state index in [0.29, 0.717) is 22.4 Å². The van der Waals surface area contributed by atoms with Crippen LogP contribution in [0.15, 0.2) is 36.4 Å². The molecule has 1 aromatic carbocycles. The normalized spacial score (nSPS) is 10.9. The number of nitrogens with zero attached hydrogens (tertiary/aromatic N) is 3. The Morgan fingerprint density at radius 3 is 2.41 bits per heavy atom. The van der Waals surface area contributed by atoms with Gasteiger partial charge in [-0.15, -0.1) is 0 Å². The zero-order chi connectivity index (χ0) is 21.1. The molecule has 7 nitrogen and oxygen atoms in total. The molecular formula is C19H16F3N5O2. The third-order valence-corrected chi connectivity index (χ3v) is 3.96. The topological polar surface area (TPSA) is 117 Å².